The van der Waals surface area contributed by atoms with Crippen molar-refractivity contribution in [1.82, 2.24) is 0 Å². The van der Waals surface area contributed by atoms with Gasteiger partial charge in [-0.1, -0.05) is 29.8 Å². The SMILES string of the molecule is Clc1ccccc1.F[B-](F)(F)F.N#[NH+]. The topological polar surface area (TPSA) is 47.6 Å². The Morgan fingerprint density at radius 1 is 1.00 bits per heavy atom. The van der Waals surface area contributed by atoms with E-state index < -0.39 is 7.25 Å². The van der Waals surface area contributed by atoms with E-state index in [1.807, 2.05) is 30.3 Å². The Kier molecular flexibility index (Phi) is 9.03. The highest BCUT2D eigenvalue weighted by Gasteiger charge is 2.20. The molecule has 0 fully saturated rings. The summed E-state index contributed by atoms with van der Waals surface area (Å²) in [6.45, 7) is 0. The third-order valence-electron chi connectivity index (χ3n) is 0.733. The van der Waals surface area contributed by atoms with Crippen molar-refractivity contribution in [2.45, 2.75) is 0 Å². The first-order valence-corrected chi connectivity index (χ1v) is 3.57. The third-order valence-corrected chi connectivity index (χ3v) is 0.985. The van der Waals surface area contributed by atoms with Gasteiger partial charge in [-0.15, -0.1) is 0 Å². The number of benzene rings is 1. The zero-order chi connectivity index (χ0) is 11.6. The van der Waals surface area contributed by atoms with Gasteiger partial charge in [0, 0.05) is 5.02 Å². The molecule has 0 radical (unpaired) electrons. The summed E-state index contributed by atoms with van der Waals surface area (Å²) in [5.74, 6) is 0. The lowest BCUT2D eigenvalue weighted by Gasteiger charge is -1.94. The summed E-state index contributed by atoms with van der Waals surface area (Å²) in [7, 11) is -6.00. The molecule has 1 N–H and O–H groups in total. The van der Waals surface area contributed by atoms with Crippen molar-refractivity contribution in [2.75, 3.05) is 0 Å². The van der Waals surface area contributed by atoms with Crippen LogP contribution in [0.1, 0.15) is 0 Å². The molecule has 0 atom stereocenters. The summed E-state index contributed by atoms with van der Waals surface area (Å²) in [6.07, 6.45) is 0. The van der Waals surface area contributed by atoms with E-state index in [1.54, 1.807) is 0 Å². The van der Waals surface area contributed by atoms with Crippen molar-refractivity contribution < 1.29 is 22.7 Å². The molecule has 14 heavy (non-hydrogen) atoms. The first kappa shape index (κ1) is 15.2. The minimum absolute atomic E-state index is 0.794. The number of hydrogen-bond donors (Lipinski definition) is 1. The first-order chi connectivity index (χ1) is 6.39. The zero-order valence-corrected chi connectivity index (χ0v) is 7.56. The lowest BCUT2D eigenvalue weighted by Crippen LogP contribution is -2.11. The van der Waals surface area contributed by atoms with Crippen LogP contribution in [0.4, 0.5) is 17.3 Å². The van der Waals surface area contributed by atoms with Gasteiger partial charge < -0.3 is 17.3 Å². The van der Waals surface area contributed by atoms with Crippen LogP contribution in [-0.2, 0) is 0 Å². The Hall–Kier alpha value is -1.29. The minimum atomic E-state index is -6.00. The van der Waals surface area contributed by atoms with E-state index in [9.17, 15) is 17.3 Å². The summed E-state index contributed by atoms with van der Waals surface area (Å²) in [5.41, 5.74) is 0. The van der Waals surface area contributed by atoms with Crippen LogP contribution in [0, 0.1) is 5.39 Å². The van der Waals surface area contributed by atoms with Crippen LogP contribution in [0.3, 0.4) is 0 Å². The molecule has 1 aromatic rings. The maximum Gasteiger partial charge on any atom is 0.673 e. The van der Waals surface area contributed by atoms with Crippen molar-refractivity contribution >= 4 is 18.9 Å². The monoisotopic (exact) mass is 228 g/mol. The van der Waals surface area contributed by atoms with Crippen LogP contribution in [-0.4, -0.2) is 7.25 Å². The van der Waals surface area contributed by atoms with Gasteiger partial charge in [-0.05, 0) is 12.1 Å². The number of hydrogen-bond acceptors (Lipinski definition) is 1. The predicted octanol–water partition coefficient (Wildman–Crippen LogP) is 1.92. The summed E-state index contributed by atoms with van der Waals surface area (Å²) in [6, 6.07) is 9.44. The number of nitrogens with zero attached hydrogens (tertiary/aromatic N) is 1. The van der Waals surface area contributed by atoms with Crippen molar-refractivity contribution in [1.29, 1.82) is 5.39 Å². The average Bonchev–Trinajstić information content (AvgIpc) is 2.06. The Morgan fingerprint density at radius 2 is 1.29 bits per heavy atom. The lowest BCUT2D eigenvalue weighted by molar-refractivity contribution is -0.175. The van der Waals surface area contributed by atoms with Crippen LogP contribution < -0.4 is 5.39 Å². The lowest BCUT2D eigenvalue weighted by atomic mass is 10.3. The molecule has 0 amide bonds. The van der Waals surface area contributed by atoms with Gasteiger partial charge in [0.2, 0.25) is 5.39 Å². The van der Waals surface area contributed by atoms with E-state index in [2.05, 4.69) is 0 Å². The van der Waals surface area contributed by atoms with E-state index in [4.69, 9.17) is 22.4 Å². The molecule has 0 aliphatic heterocycles. The fourth-order valence-corrected chi connectivity index (χ4v) is 0.560. The van der Waals surface area contributed by atoms with Crippen LogP contribution >= 0.6 is 11.6 Å². The number of rotatable bonds is 0. The molecule has 0 spiro atoms. The predicted molar refractivity (Wildman–Crippen MR) is 44.3 cm³/mol. The minimum Gasteiger partial charge on any atom is -0.418 e. The molecule has 2 nitrogen and oxygen atoms in total. The summed E-state index contributed by atoms with van der Waals surface area (Å²) >= 11 is 5.54. The molecule has 1 rings (SSSR count). The van der Waals surface area contributed by atoms with E-state index in [0.29, 0.717) is 0 Å². The molecule has 78 valence electrons. The van der Waals surface area contributed by atoms with E-state index in [0.717, 1.165) is 5.02 Å². The highest BCUT2D eigenvalue weighted by Crippen LogP contribution is 2.06. The maximum absolute atomic E-state index is 9.75. The summed E-state index contributed by atoms with van der Waals surface area (Å²) < 4.78 is 39.0. The van der Waals surface area contributed by atoms with Crippen LogP contribution in [0.2, 0.25) is 5.02 Å². The fraction of sp³-hybridized carbons (Fsp3) is 0. The fourth-order valence-electron chi connectivity index (χ4n) is 0.415. The summed E-state index contributed by atoms with van der Waals surface area (Å²) in [5, 5.41) is 11.8. The molecular formula is C6H6BClF4N2. The summed E-state index contributed by atoms with van der Waals surface area (Å²) in [4.78, 5) is 0. The molecule has 8 heteroatoms. The molecule has 0 aliphatic carbocycles. The van der Waals surface area contributed by atoms with Gasteiger partial charge >= 0.3 is 7.25 Å². The Balaban J connectivity index is 0. The van der Waals surface area contributed by atoms with Gasteiger partial charge in [-0.25, -0.2) is 0 Å². The highest BCUT2D eigenvalue weighted by atomic mass is 35.5. The van der Waals surface area contributed by atoms with Gasteiger partial charge in [0.25, 0.3) is 0 Å². The molecule has 0 saturated carbocycles. The second-order valence-corrected chi connectivity index (χ2v) is 2.23. The Labute approximate surface area is 83.0 Å². The molecule has 0 aromatic heterocycles. The van der Waals surface area contributed by atoms with Gasteiger partial charge in [-0.2, -0.15) is 0 Å². The quantitative estimate of drug-likeness (QED) is 0.411. The smallest absolute Gasteiger partial charge is 0.418 e. The normalized spacial score (nSPS) is 8.79. The molecule has 1 aromatic carbocycles. The van der Waals surface area contributed by atoms with Crippen LogP contribution in [0.25, 0.3) is 0 Å². The zero-order valence-electron chi connectivity index (χ0n) is 6.80. The highest BCUT2D eigenvalue weighted by molar-refractivity contribution is 6.50. The standard InChI is InChI=1S/C6H5Cl.BF4.N2/c7-6-4-2-1-3-5-6;2-1(3,4)5;1-2/h1-5H;;/q;-1;/p+1. The number of nitrogens with one attached hydrogen (secondary N) is 1. The van der Waals surface area contributed by atoms with Crippen molar-refractivity contribution in [3.63, 3.8) is 0 Å². The molecule has 0 unspecified atom stereocenters. The van der Waals surface area contributed by atoms with Crippen LogP contribution in [0.5, 0.6) is 0 Å². The third kappa shape index (κ3) is 22.4. The Bertz CT molecular complexity index is 245. The van der Waals surface area contributed by atoms with E-state index >= 15 is 0 Å². The van der Waals surface area contributed by atoms with Gasteiger partial charge in [0.1, 0.15) is 0 Å². The largest absolute Gasteiger partial charge is 0.673 e. The van der Waals surface area contributed by atoms with Gasteiger partial charge in [0.05, 0.1) is 5.39 Å². The van der Waals surface area contributed by atoms with E-state index in [1.165, 1.54) is 0 Å². The van der Waals surface area contributed by atoms with Gasteiger partial charge in [-0.3, -0.25) is 0 Å². The molecular weight excluding hydrogens is 222 g/mol. The second kappa shape index (κ2) is 8.32. The first-order valence-electron chi connectivity index (χ1n) is 3.20. The second-order valence-electron chi connectivity index (χ2n) is 1.79. The molecule has 0 bridgehead atoms. The van der Waals surface area contributed by atoms with Crippen molar-refractivity contribution in [3.8, 4) is 0 Å². The number of diazo groups is 1. The Morgan fingerprint density at radius 3 is 1.43 bits per heavy atom. The average molecular weight is 228 g/mol. The number of halogens is 5. The molecule has 0 heterocycles. The molecule has 0 aliphatic rings. The molecule has 0 saturated heterocycles. The maximum atomic E-state index is 9.75. The van der Waals surface area contributed by atoms with Gasteiger partial charge in [0.15, 0.2) is 0 Å². The van der Waals surface area contributed by atoms with Crippen molar-refractivity contribution in [2.24, 2.45) is 0 Å². The van der Waals surface area contributed by atoms with Crippen LogP contribution in [0.15, 0.2) is 30.3 Å². The van der Waals surface area contributed by atoms with Crippen molar-refractivity contribution in [3.05, 3.63) is 35.4 Å². The van der Waals surface area contributed by atoms with E-state index in [-0.39, 0.29) is 0 Å².